The zero-order valence-corrected chi connectivity index (χ0v) is 19.7. The number of piperazine rings is 1. The van der Waals surface area contributed by atoms with E-state index in [-0.39, 0.29) is 55.1 Å². The molecule has 1 saturated carbocycles. The second-order valence-electron chi connectivity index (χ2n) is 7.99. The number of halogens is 3. The summed E-state index contributed by atoms with van der Waals surface area (Å²) in [6, 6.07) is 11.4. The van der Waals surface area contributed by atoms with Crippen molar-refractivity contribution in [2.75, 3.05) is 39.8 Å². The molecule has 0 aromatic heterocycles. The number of amides is 1. The molecule has 3 rings (SSSR count). The van der Waals surface area contributed by atoms with E-state index < -0.39 is 0 Å². The van der Waals surface area contributed by atoms with Crippen molar-refractivity contribution in [3.8, 4) is 0 Å². The number of nitrogens with zero attached hydrogens (tertiary/aromatic N) is 2. The summed E-state index contributed by atoms with van der Waals surface area (Å²) in [6.07, 6.45) is 4.99. The summed E-state index contributed by atoms with van der Waals surface area (Å²) in [5.74, 6) is 0.331. The van der Waals surface area contributed by atoms with E-state index in [2.05, 4.69) is 52.5 Å². The zero-order valence-electron chi connectivity index (χ0n) is 17.3. The number of hydrogen-bond acceptors (Lipinski definition) is 4. The van der Waals surface area contributed by atoms with Gasteiger partial charge in [-0.3, -0.25) is 9.69 Å². The molecular formula is C21H37Cl3N4O. The lowest BCUT2D eigenvalue weighted by atomic mass is 9.85. The number of hydrogen-bond donors (Lipinski definition) is 2. The third kappa shape index (κ3) is 8.60. The highest BCUT2D eigenvalue weighted by Crippen LogP contribution is 2.25. The van der Waals surface area contributed by atoms with Crippen molar-refractivity contribution in [3.05, 3.63) is 35.9 Å². The normalized spacial score (nSPS) is 25.1. The van der Waals surface area contributed by atoms with Crippen molar-refractivity contribution in [1.29, 1.82) is 0 Å². The molecule has 3 atom stereocenters. The highest BCUT2D eigenvalue weighted by Gasteiger charge is 2.27. The minimum Gasteiger partial charge on any atom is -0.356 e. The summed E-state index contributed by atoms with van der Waals surface area (Å²) in [6.45, 7) is 5.05. The van der Waals surface area contributed by atoms with Gasteiger partial charge in [0.15, 0.2) is 0 Å². The summed E-state index contributed by atoms with van der Waals surface area (Å²) < 4.78 is 0. The van der Waals surface area contributed by atoms with Crippen molar-refractivity contribution in [1.82, 2.24) is 15.1 Å². The average Bonchev–Trinajstić information content (AvgIpc) is 2.66. The molecule has 0 spiro atoms. The first-order valence-corrected chi connectivity index (χ1v) is 10.1. The topological polar surface area (TPSA) is 61.6 Å². The molecule has 1 aromatic rings. The van der Waals surface area contributed by atoms with Gasteiger partial charge in [-0.05, 0) is 38.3 Å². The Hall–Kier alpha value is -0.560. The van der Waals surface area contributed by atoms with E-state index in [4.69, 9.17) is 5.73 Å². The van der Waals surface area contributed by atoms with Crippen molar-refractivity contribution in [3.63, 3.8) is 0 Å². The maximum absolute atomic E-state index is 12.3. The number of rotatable bonds is 6. The molecule has 2 fully saturated rings. The molecule has 3 unspecified atom stereocenters. The van der Waals surface area contributed by atoms with Crippen LogP contribution >= 0.6 is 37.2 Å². The largest absolute Gasteiger partial charge is 0.356 e. The molecule has 8 heteroatoms. The lowest BCUT2D eigenvalue weighted by Crippen LogP contribution is -2.47. The SMILES string of the molecule is CN1CCN(CCCNC(=O)C2CCCC(N)C2)C(c2ccccc2)C1.Cl.Cl.Cl. The van der Waals surface area contributed by atoms with Gasteiger partial charge in [0.2, 0.25) is 5.91 Å². The van der Waals surface area contributed by atoms with Crippen molar-refractivity contribution in [2.24, 2.45) is 11.7 Å². The van der Waals surface area contributed by atoms with Crippen molar-refractivity contribution in [2.45, 2.75) is 44.2 Å². The van der Waals surface area contributed by atoms with E-state index in [0.29, 0.717) is 6.04 Å². The second-order valence-corrected chi connectivity index (χ2v) is 7.99. The fourth-order valence-corrected chi connectivity index (χ4v) is 4.32. The van der Waals surface area contributed by atoms with Crippen LogP contribution in [0.4, 0.5) is 0 Å². The zero-order chi connectivity index (χ0) is 18.4. The van der Waals surface area contributed by atoms with E-state index in [1.165, 1.54) is 5.56 Å². The Morgan fingerprint density at radius 3 is 2.55 bits per heavy atom. The quantitative estimate of drug-likeness (QED) is 0.630. The van der Waals surface area contributed by atoms with Crippen LogP contribution in [-0.2, 0) is 4.79 Å². The van der Waals surface area contributed by atoms with E-state index in [1.54, 1.807) is 0 Å². The highest BCUT2D eigenvalue weighted by molar-refractivity contribution is 5.86. The molecule has 1 saturated heterocycles. The molecular weight excluding hydrogens is 431 g/mol. The lowest BCUT2D eigenvalue weighted by molar-refractivity contribution is -0.126. The smallest absolute Gasteiger partial charge is 0.223 e. The fraction of sp³-hybridized carbons (Fsp3) is 0.667. The van der Waals surface area contributed by atoms with Crippen LogP contribution in [-0.4, -0.2) is 61.5 Å². The van der Waals surface area contributed by atoms with Crippen LogP contribution in [0.15, 0.2) is 30.3 Å². The van der Waals surface area contributed by atoms with Crippen molar-refractivity contribution < 1.29 is 4.79 Å². The Kier molecular flexibility index (Phi) is 14.2. The summed E-state index contributed by atoms with van der Waals surface area (Å²) in [5.41, 5.74) is 7.39. The first-order valence-electron chi connectivity index (χ1n) is 10.1. The number of nitrogens with two attached hydrogens (primary N) is 1. The number of carbonyl (C=O) groups excluding carboxylic acids is 1. The maximum Gasteiger partial charge on any atom is 0.223 e. The summed E-state index contributed by atoms with van der Waals surface area (Å²) >= 11 is 0. The Morgan fingerprint density at radius 1 is 1.14 bits per heavy atom. The summed E-state index contributed by atoms with van der Waals surface area (Å²) in [5, 5.41) is 3.14. The van der Waals surface area contributed by atoms with Crippen molar-refractivity contribution >= 4 is 43.1 Å². The van der Waals surface area contributed by atoms with Gasteiger partial charge < -0.3 is 16.0 Å². The summed E-state index contributed by atoms with van der Waals surface area (Å²) in [7, 11) is 2.20. The molecule has 1 aromatic carbocycles. The fourth-order valence-electron chi connectivity index (χ4n) is 4.32. The minimum atomic E-state index is 0. The van der Waals surface area contributed by atoms with Gasteiger partial charge in [0.05, 0.1) is 0 Å². The molecule has 0 radical (unpaired) electrons. The molecule has 5 nitrogen and oxygen atoms in total. The van der Waals surface area contributed by atoms with Gasteiger partial charge >= 0.3 is 0 Å². The molecule has 0 bridgehead atoms. The predicted molar refractivity (Wildman–Crippen MR) is 128 cm³/mol. The highest BCUT2D eigenvalue weighted by atomic mass is 35.5. The molecule has 29 heavy (non-hydrogen) atoms. The van der Waals surface area contributed by atoms with E-state index >= 15 is 0 Å². The van der Waals surface area contributed by atoms with Gasteiger partial charge in [-0.15, -0.1) is 37.2 Å². The van der Waals surface area contributed by atoms with Gasteiger partial charge in [-0.25, -0.2) is 0 Å². The standard InChI is InChI=1S/C21H34N4O.3ClH/c1-24-13-14-25(20(16-24)17-7-3-2-4-8-17)12-6-11-23-21(26)18-9-5-10-19(22)15-18;;;/h2-4,7-8,18-20H,5-6,9-16,22H2,1H3,(H,23,26);3*1H. The summed E-state index contributed by atoms with van der Waals surface area (Å²) in [4.78, 5) is 17.3. The Morgan fingerprint density at radius 2 is 1.86 bits per heavy atom. The van der Waals surface area contributed by atoms with Gasteiger partial charge in [-0.2, -0.15) is 0 Å². The Labute approximate surface area is 194 Å². The molecule has 1 aliphatic carbocycles. The molecule has 1 heterocycles. The molecule has 1 aliphatic heterocycles. The van der Waals surface area contributed by atoms with Gasteiger partial charge in [0.1, 0.15) is 0 Å². The number of nitrogens with one attached hydrogen (secondary N) is 1. The molecule has 2 aliphatic rings. The van der Waals surface area contributed by atoms with Crippen LogP contribution in [0, 0.1) is 5.92 Å². The monoisotopic (exact) mass is 466 g/mol. The molecule has 1 amide bonds. The van der Waals surface area contributed by atoms with Crippen LogP contribution in [0.2, 0.25) is 0 Å². The first kappa shape index (κ1) is 28.4. The predicted octanol–water partition coefficient (Wildman–Crippen LogP) is 3.26. The average molecular weight is 468 g/mol. The van der Waals surface area contributed by atoms with Crippen LogP contribution in [0.5, 0.6) is 0 Å². The van der Waals surface area contributed by atoms with Gasteiger partial charge in [0.25, 0.3) is 0 Å². The van der Waals surface area contributed by atoms with Crippen LogP contribution < -0.4 is 11.1 Å². The molecule has 168 valence electrons. The number of carbonyl (C=O) groups is 1. The maximum atomic E-state index is 12.3. The third-order valence-electron chi connectivity index (χ3n) is 5.89. The van der Waals surface area contributed by atoms with Gasteiger partial charge in [0, 0.05) is 50.7 Å². The van der Waals surface area contributed by atoms with Crippen LogP contribution in [0.25, 0.3) is 0 Å². The number of likely N-dealkylation sites (N-methyl/N-ethyl adjacent to an activating group) is 1. The first-order chi connectivity index (χ1) is 12.6. The third-order valence-corrected chi connectivity index (χ3v) is 5.89. The molecule has 3 N–H and O–H groups in total. The van der Waals surface area contributed by atoms with Gasteiger partial charge in [-0.1, -0.05) is 36.8 Å². The van der Waals surface area contributed by atoms with E-state index in [0.717, 1.165) is 64.8 Å². The van der Waals surface area contributed by atoms with E-state index in [1.807, 2.05) is 0 Å². The Bertz CT molecular complexity index is 578. The minimum absolute atomic E-state index is 0. The Balaban J connectivity index is 0.00000261. The van der Waals surface area contributed by atoms with Crippen LogP contribution in [0.3, 0.4) is 0 Å². The second kappa shape index (κ2) is 14.4. The van der Waals surface area contributed by atoms with Crippen LogP contribution in [0.1, 0.15) is 43.7 Å². The lowest BCUT2D eigenvalue weighted by Gasteiger charge is -2.40. The van der Waals surface area contributed by atoms with E-state index in [9.17, 15) is 4.79 Å². The number of benzene rings is 1.